The molecule has 6 heavy (non-hydrogen) atoms. The number of hydrogen-bond donors (Lipinski definition) is 2. The van der Waals surface area contributed by atoms with E-state index in [2.05, 4.69) is 24.8 Å². The summed E-state index contributed by atoms with van der Waals surface area (Å²) in [6, 6.07) is 0. The first kappa shape index (κ1) is 6.70. The molecule has 0 rings (SSSR count). The van der Waals surface area contributed by atoms with Crippen LogP contribution in [0.15, 0.2) is 0 Å². The topological polar surface area (TPSA) is 0 Å². The quantitative estimate of drug-likeness (QED) is 0.407. The molecule has 0 aromatic carbocycles. The molecule has 0 heterocycles. The molecular weight excluding hydrogens is 112 g/mol. The Morgan fingerprint density at radius 3 is 2.17 bits per heavy atom. The lowest BCUT2D eigenvalue weighted by Gasteiger charge is -2.01. The van der Waals surface area contributed by atoms with Gasteiger partial charge in [-0.1, -0.05) is 6.92 Å². The molecule has 0 radical (unpaired) electrons. The summed E-state index contributed by atoms with van der Waals surface area (Å²) < 4.78 is 0. The molecule has 1 atom stereocenters. The summed E-state index contributed by atoms with van der Waals surface area (Å²) in [4.78, 5) is 0. The molecule has 40 valence electrons. The third-order valence-electron chi connectivity index (χ3n) is 0.547. The predicted molar refractivity (Wildman–Crippen MR) is 39.1 cm³/mol. The van der Waals surface area contributed by atoms with Gasteiger partial charge in [0.1, 0.15) is 0 Å². The van der Waals surface area contributed by atoms with Crippen molar-refractivity contribution in [2.75, 3.05) is 12.0 Å². The van der Waals surface area contributed by atoms with Crippen LogP contribution in [-0.2, 0) is 0 Å². The highest BCUT2D eigenvalue weighted by atomic mass is 33.1. The Balaban J connectivity index is 2.63. The first-order valence-electron chi connectivity index (χ1n) is 2.17. The normalized spacial score (nSPS) is 17.5. The molecule has 0 N–H and O–H groups in total. The zero-order valence-electron chi connectivity index (χ0n) is 4.31. The van der Waals surface area contributed by atoms with Crippen LogP contribution in [0.1, 0.15) is 13.3 Å². The van der Waals surface area contributed by atoms with E-state index in [0.717, 1.165) is 0 Å². The standard InChI is InChI=1S/C4H12S2/c1-3-4-6(2)5/h5-6H,3-4H2,1-2H3. The Hall–Kier alpha value is 0.700. The van der Waals surface area contributed by atoms with E-state index < -0.39 is 0 Å². The molecule has 0 bridgehead atoms. The summed E-state index contributed by atoms with van der Waals surface area (Å²) in [6.07, 6.45) is 3.47. The van der Waals surface area contributed by atoms with E-state index >= 15 is 0 Å². The molecule has 0 saturated carbocycles. The smallest absolute Gasteiger partial charge is 0.0175 e. The highest BCUT2D eigenvalue weighted by molar-refractivity contribution is 8.77. The van der Waals surface area contributed by atoms with Gasteiger partial charge in [0.05, 0.1) is 0 Å². The molecule has 0 saturated heterocycles. The second-order valence-corrected chi connectivity index (χ2v) is 5.19. The van der Waals surface area contributed by atoms with Crippen LogP contribution in [0, 0.1) is 0 Å². The van der Waals surface area contributed by atoms with Gasteiger partial charge in [-0.25, -0.2) is 9.93 Å². The Morgan fingerprint density at radius 1 is 1.67 bits per heavy atom. The predicted octanol–water partition coefficient (Wildman–Crippen LogP) is 1.87. The van der Waals surface area contributed by atoms with Gasteiger partial charge in [0.15, 0.2) is 0 Å². The fourth-order valence-electron chi connectivity index (χ4n) is 0.324. The number of hydrogen-bond acceptors (Lipinski definition) is 1. The van der Waals surface area contributed by atoms with Crippen molar-refractivity contribution in [2.45, 2.75) is 13.3 Å². The molecule has 0 aliphatic heterocycles. The van der Waals surface area contributed by atoms with Crippen LogP contribution < -0.4 is 0 Å². The monoisotopic (exact) mass is 124 g/mol. The van der Waals surface area contributed by atoms with Gasteiger partial charge in [0, 0.05) is 0 Å². The lowest BCUT2D eigenvalue weighted by atomic mass is 10.6. The van der Waals surface area contributed by atoms with Crippen LogP contribution in [0.2, 0.25) is 0 Å². The van der Waals surface area contributed by atoms with Gasteiger partial charge in [-0.3, -0.25) is 0 Å². The van der Waals surface area contributed by atoms with E-state index in [1.807, 2.05) is 0 Å². The van der Waals surface area contributed by atoms with Gasteiger partial charge >= 0.3 is 0 Å². The average molecular weight is 124 g/mol. The second-order valence-electron chi connectivity index (χ2n) is 1.38. The van der Waals surface area contributed by atoms with E-state index in [-0.39, 0.29) is 9.93 Å². The summed E-state index contributed by atoms with van der Waals surface area (Å²) in [7, 11) is 0.0939. The lowest BCUT2D eigenvalue weighted by molar-refractivity contribution is 1.11. The van der Waals surface area contributed by atoms with Crippen molar-refractivity contribution < 1.29 is 0 Å². The lowest BCUT2D eigenvalue weighted by Crippen LogP contribution is -1.72. The maximum Gasteiger partial charge on any atom is -0.0175 e. The zero-order valence-corrected chi connectivity index (χ0v) is 6.10. The molecular formula is C4H12S2. The van der Waals surface area contributed by atoms with Crippen molar-refractivity contribution in [1.82, 2.24) is 0 Å². The van der Waals surface area contributed by atoms with E-state index in [0.29, 0.717) is 0 Å². The summed E-state index contributed by atoms with van der Waals surface area (Å²) in [5, 5.41) is 0. The van der Waals surface area contributed by atoms with E-state index in [9.17, 15) is 0 Å². The van der Waals surface area contributed by atoms with Crippen molar-refractivity contribution in [1.29, 1.82) is 0 Å². The number of rotatable bonds is 2. The first-order valence-corrected chi connectivity index (χ1v) is 5.30. The summed E-state index contributed by atoms with van der Waals surface area (Å²) in [5.74, 6) is 1.30. The molecule has 0 amide bonds. The molecule has 0 aromatic heterocycles. The minimum absolute atomic E-state index is 0.0939. The van der Waals surface area contributed by atoms with Crippen LogP contribution in [0.25, 0.3) is 0 Å². The summed E-state index contributed by atoms with van der Waals surface area (Å²) in [6.45, 7) is 2.19. The van der Waals surface area contributed by atoms with Gasteiger partial charge in [0.2, 0.25) is 0 Å². The van der Waals surface area contributed by atoms with Crippen molar-refractivity contribution in [3.05, 3.63) is 0 Å². The van der Waals surface area contributed by atoms with Gasteiger partial charge in [-0.2, -0.15) is 0 Å². The Labute approximate surface area is 47.5 Å². The third-order valence-corrected chi connectivity index (χ3v) is 2.24. The molecule has 1 unspecified atom stereocenters. The van der Waals surface area contributed by atoms with Gasteiger partial charge in [-0.05, 0) is 18.4 Å². The fraction of sp³-hybridized carbons (Fsp3) is 1.00. The van der Waals surface area contributed by atoms with Gasteiger partial charge in [-0.15, -0.1) is 11.7 Å². The Kier molecular flexibility index (Phi) is 4.33. The molecule has 0 fully saturated rings. The van der Waals surface area contributed by atoms with E-state index in [4.69, 9.17) is 0 Å². The fourth-order valence-corrected chi connectivity index (χ4v) is 1.57. The highest BCUT2D eigenvalue weighted by Gasteiger charge is 1.80. The average Bonchev–Trinajstić information content (AvgIpc) is 1.35. The summed E-state index contributed by atoms with van der Waals surface area (Å²) >= 11 is 4.24. The largest absolute Gasteiger partial charge is 0.211 e. The Bertz CT molecular complexity index is 26.7. The number of thiol groups is 2. The van der Waals surface area contributed by atoms with Crippen molar-refractivity contribution >= 4 is 21.6 Å². The summed E-state index contributed by atoms with van der Waals surface area (Å²) in [5.41, 5.74) is 0. The van der Waals surface area contributed by atoms with Crippen molar-refractivity contribution in [3.63, 3.8) is 0 Å². The van der Waals surface area contributed by atoms with Crippen molar-refractivity contribution in [3.8, 4) is 0 Å². The molecule has 2 heteroatoms. The van der Waals surface area contributed by atoms with Crippen LogP contribution in [0.5, 0.6) is 0 Å². The second kappa shape index (κ2) is 3.88. The minimum atomic E-state index is 0.0939. The van der Waals surface area contributed by atoms with Crippen LogP contribution in [-0.4, -0.2) is 12.0 Å². The van der Waals surface area contributed by atoms with Crippen LogP contribution >= 0.6 is 21.6 Å². The van der Waals surface area contributed by atoms with Crippen molar-refractivity contribution in [2.24, 2.45) is 0 Å². The van der Waals surface area contributed by atoms with E-state index in [1.165, 1.54) is 12.2 Å². The van der Waals surface area contributed by atoms with Crippen LogP contribution in [0.4, 0.5) is 0 Å². The molecule has 0 aromatic rings. The maximum absolute atomic E-state index is 4.24. The molecule has 0 spiro atoms. The van der Waals surface area contributed by atoms with E-state index in [1.54, 1.807) is 0 Å². The van der Waals surface area contributed by atoms with Gasteiger partial charge in [0.25, 0.3) is 0 Å². The Morgan fingerprint density at radius 2 is 2.17 bits per heavy atom. The minimum Gasteiger partial charge on any atom is -0.211 e. The first-order chi connectivity index (χ1) is 2.77. The molecule has 0 aliphatic rings. The zero-order chi connectivity index (χ0) is 4.99. The van der Waals surface area contributed by atoms with Gasteiger partial charge < -0.3 is 0 Å². The molecule has 0 nitrogen and oxygen atoms in total. The molecule has 0 aliphatic carbocycles. The SMILES string of the molecule is CCC[SH](C)S. The van der Waals surface area contributed by atoms with Crippen LogP contribution in [0.3, 0.4) is 0 Å². The highest BCUT2D eigenvalue weighted by Crippen LogP contribution is 2.24. The maximum atomic E-state index is 4.24. The third kappa shape index (κ3) is 4.70.